The van der Waals surface area contributed by atoms with Crippen LogP contribution in [0.1, 0.15) is 39.0 Å². The summed E-state index contributed by atoms with van der Waals surface area (Å²) in [6.45, 7) is 6.33. The van der Waals surface area contributed by atoms with Crippen LogP contribution >= 0.6 is 0 Å². The summed E-state index contributed by atoms with van der Waals surface area (Å²) in [5.74, 6) is 0.252. The molecule has 4 atom stereocenters. The van der Waals surface area contributed by atoms with Crippen LogP contribution in [0.15, 0.2) is 30.3 Å². The van der Waals surface area contributed by atoms with Gasteiger partial charge in [0.15, 0.2) is 6.29 Å². The second-order valence-corrected chi connectivity index (χ2v) is 5.90. The van der Waals surface area contributed by atoms with Crippen molar-refractivity contribution in [1.82, 2.24) is 0 Å². The van der Waals surface area contributed by atoms with E-state index in [1.165, 1.54) is 7.11 Å². The van der Waals surface area contributed by atoms with Crippen LogP contribution < -0.4 is 0 Å². The Morgan fingerprint density at radius 1 is 1.24 bits per heavy atom. The van der Waals surface area contributed by atoms with Crippen molar-refractivity contribution in [2.45, 2.75) is 45.7 Å². The monoisotopic (exact) mass is 292 g/mol. The van der Waals surface area contributed by atoms with Crippen molar-refractivity contribution < 1.29 is 19.0 Å². The molecule has 4 heteroatoms. The molecule has 0 amide bonds. The average molecular weight is 292 g/mol. The minimum Gasteiger partial charge on any atom is -0.469 e. The Labute approximate surface area is 126 Å². The van der Waals surface area contributed by atoms with E-state index >= 15 is 0 Å². The number of hydrogen-bond donors (Lipinski definition) is 0. The molecule has 0 unspecified atom stereocenters. The van der Waals surface area contributed by atoms with Gasteiger partial charge in [-0.1, -0.05) is 51.1 Å². The molecule has 4 nitrogen and oxygen atoms in total. The first kappa shape index (κ1) is 16.0. The SMILES string of the molecule is COC(=O)C[C@H]1O[C@@H](c2ccccc2)O[C@@H](C(C)C)[C@H]1C. The number of hydrogen-bond acceptors (Lipinski definition) is 4. The number of esters is 1. The molecule has 0 N–H and O–H groups in total. The number of benzene rings is 1. The molecule has 2 rings (SSSR count). The van der Waals surface area contributed by atoms with Crippen molar-refractivity contribution >= 4 is 5.97 Å². The van der Waals surface area contributed by atoms with Gasteiger partial charge in [-0.2, -0.15) is 0 Å². The average Bonchev–Trinajstić information content (AvgIpc) is 2.49. The van der Waals surface area contributed by atoms with Crippen LogP contribution in [-0.4, -0.2) is 25.3 Å². The van der Waals surface area contributed by atoms with Gasteiger partial charge in [-0.25, -0.2) is 0 Å². The van der Waals surface area contributed by atoms with Crippen molar-refractivity contribution in [3.05, 3.63) is 35.9 Å². The Hall–Kier alpha value is -1.39. The molecule has 116 valence electrons. The lowest BCUT2D eigenvalue weighted by atomic mass is 9.87. The van der Waals surface area contributed by atoms with Crippen LogP contribution in [0.2, 0.25) is 0 Å². The molecular formula is C17H24O4. The van der Waals surface area contributed by atoms with Gasteiger partial charge in [-0.05, 0) is 5.92 Å². The standard InChI is InChI=1S/C17H24O4/c1-11(2)16-12(3)14(10-15(18)19-4)20-17(21-16)13-8-6-5-7-9-13/h5-9,11-12,14,16-17H,10H2,1-4H3/t12-,14+,16-,17+/m0/s1. The maximum absolute atomic E-state index is 11.6. The Bertz CT molecular complexity index is 457. The van der Waals surface area contributed by atoms with Crippen LogP contribution in [-0.2, 0) is 19.0 Å². The number of rotatable bonds is 4. The summed E-state index contributed by atoms with van der Waals surface area (Å²) in [6, 6.07) is 9.83. The largest absolute Gasteiger partial charge is 0.469 e. The Balaban J connectivity index is 2.19. The minimum absolute atomic E-state index is 0.0543. The Kier molecular flexibility index (Phi) is 5.37. The van der Waals surface area contributed by atoms with E-state index < -0.39 is 6.29 Å². The third kappa shape index (κ3) is 3.83. The molecule has 1 aromatic rings. The molecule has 0 aromatic heterocycles. The van der Waals surface area contributed by atoms with Crippen LogP contribution in [0.5, 0.6) is 0 Å². The second-order valence-electron chi connectivity index (χ2n) is 5.90. The molecule has 0 bridgehead atoms. The highest BCUT2D eigenvalue weighted by Crippen LogP contribution is 2.37. The van der Waals surface area contributed by atoms with Crippen molar-refractivity contribution in [1.29, 1.82) is 0 Å². The highest BCUT2D eigenvalue weighted by molar-refractivity contribution is 5.69. The molecular weight excluding hydrogens is 268 g/mol. The number of carbonyl (C=O) groups is 1. The van der Waals surface area contributed by atoms with Crippen LogP contribution in [0.4, 0.5) is 0 Å². The number of methoxy groups -OCH3 is 1. The van der Waals surface area contributed by atoms with Gasteiger partial charge in [0.05, 0.1) is 25.7 Å². The van der Waals surface area contributed by atoms with E-state index in [1.54, 1.807) is 0 Å². The second kappa shape index (κ2) is 7.05. The van der Waals surface area contributed by atoms with E-state index in [4.69, 9.17) is 14.2 Å². The van der Waals surface area contributed by atoms with Gasteiger partial charge in [-0.3, -0.25) is 4.79 Å². The molecule has 0 aliphatic carbocycles. The quantitative estimate of drug-likeness (QED) is 0.799. The van der Waals surface area contributed by atoms with Crippen molar-refractivity contribution in [2.75, 3.05) is 7.11 Å². The summed E-state index contributed by atoms with van der Waals surface area (Å²) in [7, 11) is 1.40. The molecule has 1 aromatic carbocycles. The Morgan fingerprint density at radius 2 is 1.90 bits per heavy atom. The normalized spacial score (nSPS) is 29.4. The summed E-state index contributed by atoms with van der Waals surface area (Å²) in [4.78, 5) is 11.6. The highest BCUT2D eigenvalue weighted by Gasteiger charge is 2.39. The highest BCUT2D eigenvalue weighted by atomic mass is 16.7. The van der Waals surface area contributed by atoms with E-state index in [0.29, 0.717) is 5.92 Å². The van der Waals surface area contributed by atoms with E-state index in [2.05, 4.69) is 20.8 Å². The van der Waals surface area contributed by atoms with E-state index in [9.17, 15) is 4.79 Å². The van der Waals surface area contributed by atoms with Gasteiger partial charge in [0.25, 0.3) is 0 Å². The summed E-state index contributed by atoms with van der Waals surface area (Å²) in [6.07, 6.45) is -0.306. The van der Waals surface area contributed by atoms with Crippen LogP contribution in [0.25, 0.3) is 0 Å². The van der Waals surface area contributed by atoms with Gasteiger partial charge in [-0.15, -0.1) is 0 Å². The molecule has 0 radical (unpaired) electrons. The molecule has 1 aliphatic rings. The summed E-state index contributed by atoms with van der Waals surface area (Å²) in [5.41, 5.74) is 0.977. The lowest BCUT2D eigenvalue weighted by Gasteiger charge is -2.42. The summed E-state index contributed by atoms with van der Waals surface area (Å²) < 4.78 is 16.9. The van der Waals surface area contributed by atoms with Crippen molar-refractivity contribution in [2.24, 2.45) is 11.8 Å². The molecule has 1 fully saturated rings. The molecule has 1 saturated heterocycles. The zero-order valence-electron chi connectivity index (χ0n) is 13.1. The summed E-state index contributed by atoms with van der Waals surface area (Å²) in [5, 5.41) is 0. The minimum atomic E-state index is -0.426. The van der Waals surface area contributed by atoms with Crippen molar-refractivity contribution in [3.8, 4) is 0 Å². The topological polar surface area (TPSA) is 44.8 Å². The predicted octanol–water partition coefficient (Wildman–Crippen LogP) is 3.32. The van der Waals surface area contributed by atoms with Gasteiger partial charge >= 0.3 is 5.97 Å². The zero-order valence-corrected chi connectivity index (χ0v) is 13.1. The molecule has 1 aliphatic heterocycles. The third-order valence-corrected chi connectivity index (χ3v) is 4.01. The Morgan fingerprint density at radius 3 is 2.48 bits per heavy atom. The molecule has 0 spiro atoms. The van der Waals surface area contributed by atoms with Crippen molar-refractivity contribution in [3.63, 3.8) is 0 Å². The van der Waals surface area contributed by atoms with E-state index in [0.717, 1.165) is 5.56 Å². The number of carbonyl (C=O) groups excluding carboxylic acids is 1. The number of ether oxygens (including phenoxy) is 3. The first-order valence-electron chi connectivity index (χ1n) is 7.45. The van der Waals surface area contributed by atoms with E-state index in [1.807, 2.05) is 30.3 Å². The fourth-order valence-electron chi connectivity index (χ4n) is 2.81. The van der Waals surface area contributed by atoms with Gasteiger partial charge in [0.1, 0.15) is 0 Å². The smallest absolute Gasteiger partial charge is 0.308 e. The van der Waals surface area contributed by atoms with Crippen LogP contribution in [0, 0.1) is 11.8 Å². The van der Waals surface area contributed by atoms with E-state index in [-0.39, 0.29) is 30.5 Å². The molecule has 0 saturated carbocycles. The van der Waals surface area contributed by atoms with Gasteiger partial charge in [0, 0.05) is 11.5 Å². The first-order chi connectivity index (χ1) is 10.0. The zero-order chi connectivity index (χ0) is 15.4. The third-order valence-electron chi connectivity index (χ3n) is 4.01. The fraction of sp³-hybridized carbons (Fsp3) is 0.588. The fourth-order valence-corrected chi connectivity index (χ4v) is 2.81. The lowest BCUT2D eigenvalue weighted by Crippen LogP contribution is -2.45. The molecule has 21 heavy (non-hydrogen) atoms. The van der Waals surface area contributed by atoms with Gasteiger partial charge in [0.2, 0.25) is 0 Å². The predicted molar refractivity (Wildman–Crippen MR) is 79.6 cm³/mol. The van der Waals surface area contributed by atoms with Crippen LogP contribution in [0.3, 0.4) is 0 Å². The summed E-state index contributed by atoms with van der Waals surface area (Å²) >= 11 is 0. The van der Waals surface area contributed by atoms with Gasteiger partial charge < -0.3 is 14.2 Å². The first-order valence-corrected chi connectivity index (χ1v) is 7.45. The molecule has 1 heterocycles. The lowest BCUT2D eigenvalue weighted by molar-refractivity contribution is -0.280. The maximum atomic E-state index is 11.6. The maximum Gasteiger partial charge on any atom is 0.308 e.